The molecule has 2 rings (SSSR count). The SMILES string of the molecule is CC(C)(C)C(=O)N1CCC(NC2CCCOCC2)CC1. The second-order valence-corrected chi connectivity index (χ2v) is 7.22. The van der Waals surface area contributed by atoms with Gasteiger partial charge in [0, 0.05) is 43.8 Å². The van der Waals surface area contributed by atoms with Gasteiger partial charge in [-0.25, -0.2) is 0 Å². The van der Waals surface area contributed by atoms with Crippen LogP contribution >= 0.6 is 0 Å². The van der Waals surface area contributed by atoms with Crippen LogP contribution in [0, 0.1) is 5.41 Å². The van der Waals surface area contributed by atoms with Gasteiger partial charge in [0.15, 0.2) is 0 Å². The molecule has 0 aromatic carbocycles. The highest BCUT2D eigenvalue weighted by Gasteiger charge is 2.30. The van der Waals surface area contributed by atoms with E-state index in [9.17, 15) is 4.79 Å². The summed E-state index contributed by atoms with van der Waals surface area (Å²) >= 11 is 0. The van der Waals surface area contributed by atoms with Crippen LogP contribution in [-0.2, 0) is 9.53 Å². The van der Waals surface area contributed by atoms with Crippen molar-refractivity contribution in [1.82, 2.24) is 10.2 Å². The Morgan fingerprint density at radius 2 is 1.70 bits per heavy atom. The highest BCUT2D eigenvalue weighted by atomic mass is 16.5. The molecule has 0 bridgehead atoms. The zero-order valence-electron chi connectivity index (χ0n) is 13.3. The Morgan fingerprint density at radius 3 is 2.35 bits per heavy atom. The summed E-state index contributed by atoms with van der Waals surface area (Å²) in [7, 11) is 0. The van der Waals surface area contributed by atoms with Gasteiger partial charge in [-0.2, -0.15) is 0 Å². The molecule has 0 aromatic rings. The van der Waals surface area contributed by atoms with E-state index in [1.807, 2.05) is 25.7 Å². The lowest BCUT2D eigenvalue weighted by molar-refractivity contribution is -0.140. The van der Waals surface area contributed by atoms with Crippen molar-refractivity contribution < 1.29 is 9.53 Å². The first kappa shape index (κ1) is 15.8. The van der Waals surface area contributed by atoms with E-state index in [-0.39, 0.29) is 5.41 Å². The van der Waals surface area contributed by atoms with E-state index < -0.39 is 0 Å². The molecule has 2 heterocycles. The summed E-state index contributed by atoms with van der Waals surface area (Å²) in [6.07, 6.45) is 5.68. The zero-order valence-corrected chi connectivity index (χ0v) is 13.3. The van der Waals surface area contributed by atoms with E-state index in [0.29, 0.717) is 18.0 Å². The first-order valence-corrected chi connectivity index (χ1v) is 8.10. The van der Waals surface area contributed by atoms with Crippen molar-refractivity contribution in [2.24, 2.45) is 5.41 Å². The number of nitrogens with zero attached hydrogens (tertiary/aromatic N) is 1. The van der Waals surface area contributed by atoms with Crippen LogP contribution in [0.3, 0.4) is 0 Å². The van der Waals surface area contributed by atoms with Crippen LogP contribution in [0.4, 0.5) is 0 Å². The maximum Gasteiger partial charge on any atom is 0.227 e. The summed E-state index contributed by atoms with van der Waals surface area (Å²) in [5.41, 5.74) is -0.251. The topological polar surface area (TPSA) is 41.6 Å². The van der Waals surface area contributed by atoms with E-state index in [0.717, 1.165) is 45.6 Å². The van der Waals surface area contributed by atoms with Crippen LogP contribution in [0.15, 0.2) is 0 Å². The predicted molar refractivity (Wildman–Crippen MR) is 80.7 cm³/mol. The fraction of sp³-hybridized carbons (Fsp3) is 0.938. The van der Waals surface area contributed by atoms with Crippen molar-refractivity contribution in [2.75, 3.05) is 26.3 Å². The smallest absolute Gasteiger partial charge is 0.227 e. The van der Waals surface area contributed by atoms with Gasteiger partial charge in [-0.1, -0.05) is 20.8 Å². The highest BCUT2D eigenvalue weighted by molar-refractivity contribution is 5.81. The summed E-state index contributed by atoms with van der Waals surface area (Å²) in [6, 6.07) is 1.18. The third-order valence-corrected chi connectivity index (χ3v) is 4.35. The summed E-state index contributed by atoms with van der Waals surface area (Å²) in [4.78, 5) is 14.3. The van der Waals surface area contributed by atoms with E-state index in [2.05, 4.69) is 5.32 Å². The van der Waals surface area contributed by atoms with Crippen molar-refractivity contribution in [3.63, 3.8) is 0 Å². The second-order valence-electron chi connectivity index (χ2n) is 7.22. The Hall–Kier alpha value is -0.610. The molecule has 2 fully saturated rings. The fourth-order valence-corrected chi connectivity index (χ4v) is 3.13. The van der Waals surface area contributed by atoms with Crippen molar-refractivity contribution in [1.29, 1.82) is 0 Å². The summed E-state index contributed by atoms with van der Waals surface area (Å²) in [5, 5.41) is 3.78. The molecule has 2 aliphatic heterocycles. The van der Waals surface area contributed by atoms with E-state index in [1.165, 1.54) is 12.8 Å². The van der Waals surface area contributed by atoms with E-state index >= 15 is 0 Å². The van der Waals surface area contributed by atoms with E-state index in [4.69, 9.17) is 4.74 Å². The van der Waals surface area contributed by atoms with Gasteiger partial charge >= 0.3 is 0 Å². The number of likely N-dealkylation sites (tertiary alicyclic amines) is 1. The molecule has 0 spiro atoms. The number of carbonyl (C=O) groups is 1. The van der Waals surface area contributed by atoms with Gasteiger partial charge in [0.05, 0.1) is 0 Å². The first-order chi connectivity index (χ1) is 9.47. The minimum atomic E-state index is -0.251. The molecule has 2 aliphatic rings. The molecule has 1 atom stereocenters. The summed E-state index contributed by atoms with van der Waals surface area (Å²) in [6.45, 7) is 9.62. The largest absolute Gasteiger partial charge is 0.381 e. The summed E-state index contributed by atoms with van der Waals surface area (Å²) in [5.74, 6) is 0.291. The number of hydrogen-bond donors (Lipinski definition) is 1. The molecule has 116 valence electrons. The number of amides is 1. The molecular weight excluding hydrogens is 252 g/mol. The molecule has 0 radical (unpaired) electrons. The number of hydrogen-bond acceptors (Lipinski definition) is 3. The molecule has 4 nitrogen and oxygen atoms in total. The minimum Gasteiger partial charge on any atom is -0.381 e. The van der Waals surface area contributed by atoms with Gasteiger partial charge < -0.3 is 15.0 Å². The third-order valence-electron chi connectivity index (χ3n) is 4.35. The Bertz CT molecular complexity index is 309. The van der Waals surface area contributed by atoms with Crippen molar-refractivity contribution >= 4 is 5.91 Å². The molecule has 1 unspecified atom stereocenters. The average molecular weight is 282 g/mol. The quantitative estimate of drug-likeness (QED) is 0.844. The molecule has 0 aliphatic carbocycles. The maximum absolute atomic E-state index is 12.3. The molecule has 1 N–H and O–H groups in total. The van der Waals surface area contributed by atoms with Crippen molar-refractivity contribution in [2.45, 2.75) is 65.0 Å². The van der Waals surface area contributed by atoms with Crippen LogP contribution in [0.25, 0.3) is 0 Å². The fourth-order valence-electron chi connectivity index (χ4n) is 3.13. The zero-order chi connectivity index (χ0) is 14.6. The van der Waals surface area contributed by atoms with Crippen LogP contribution in [0.1, 0.15) is 52.9 Å². The first-order valence-electron chi connectivity index (χ1n) is 8.10. The number of carbonyl (C=O) groups excluding carboxylic acids is 1. The van der Waals surface area contributed by atoms with Gasteiger partial charge in [-0.3, -0.25) is 4.79 Å². The third kappa shape index (κ3) is 4.45. The Balaban J connectivity index is 1.75. The number of ether oxygens (including phenoxy) is 1. The molecule has 0 saturated carbocycles. The van der Waals surface area contributed by atoms with Gasteiger partial charge in [-0.05, 0) is 32.1 Å². The molecule has 20 heavy (non-hydrogen) atoms. The van der Waals surface area contributed by atoms with Crippen LogP contribution in [-0.4, -0.2) is 49.2 Å². The number of piperidine rings is 1. The van der Waals surface area contributed by atoms with Gasteiger partial charge in [-0.15, -0.1) is 0 Å². The maximum atomic E-state index is 12.3. The van der Waals surface area contributed by atoms with Gasteiger partial charge in [0.2, 0.25) is 5.91 Å². The lowest BCUT2D eigenvalue weighted by Gasteiger charge is -2.37. The van der Waals surface area contributed by atoms with Crippen molar-refractivity contribution in [3.05, 3.63) is 0 Å². The van der Waals surface area contributed by atoms with Crippen LogP contribution < -0.4 is 5.32 Å². The van der Waals surface area contributed by atoms with Gasteiger partial charge in [0.1, 0.15) is 0 Å². The lowest BCUT2D eigenvalue weighted by Crippen LogP contribution is -2.50. The van der Waals surface area contributed by atoms with Crippen molar-refractivity contribution in [3.8, 4) is 0 Å². The molecule has 4 heteroatoms. The normalized spacial score (nSPS) is 26.4. The highest BCUT2D eigenvalue weighted by Crippen LogP contribution is 2.21. The minimum absolute atomic E-state index is 0.251. The number of rotatable bonds is 2. The molecule has 1 amide bonds. The van der Waals surface area contributed by atoms with Crippen LogP contribution in [0.2, 0.25) is 0 Å². The van der Waals surface area contributed by atoms with Gasteiger partial charge in [0.25, 0.3) is 0 Å². The standard InChI is InChI=1S/C16H30N2O2/c1-16(2,3)15(19)18-9-6-14(7-10-18)17-13-5-4-11-20-12-8-13/h13-14,17H,4-12H2,1-3H3. The predicted octanol–water partition coefficient (Wildman–Crippen LogP) is 2.18. The molecule has 0 aromatic heterocycles. The average Bonchev–Trinajstić information content (AvgIpc) is 2.66. The number of nitrogens with one attached hydrogen (secondary N) is 1. The summed E-state index contributed by atoms with van der Waals surface area (Å²) < 4.78 is 5.51. The molecule has 2 saturated heterocycles. The Kier molecular flexibility index (Phi) is 5.44. The second kappa shape index (κ2) is 6.90. The lowest BCUT2D eigenvalue weighted by atomic mass is 9.92. The van der Waals surface area contributed by atoms with E-state index in [1.54, 1.807) is 0 Å². The Morgan fingerprint density at radius 1 is 1.05 bits per heavy atom. The Labute approximate surface area is 123 Å². The monoisotopic (exact) mass is 282 g/mol. The van der Waals surface area contributed by atoms with Crippen LogP contribution in [0.5, 0.6) is 0 Å². The molecular formula is C16H30N2O2.